The van der Waals surface area contributed by atoms with Crippen LogP contribution in [0.15, 0.2) is 60.7 Å². The average molecular weight is 545 g/mol. The highest BCUT2D eigenvalue weighted by Crippen LogP contribution is 2.29. The minimum absolute atomic E-state index is 0.0389. The molecule has 0 saturated heterocycles. The molecule has 0 unspecified atom stereocenters. The number of hydrogen-bond acceptors (Lipinski definition) is 6. The molecular weight excluding hydrogens is 516 g/mol. The molecule has 0 aliphatic heterocycles. The summed E-state index contributed by atoms with van der Waals surface area (Å²) < 4.78 is 43.2. The lowest BCUT2D eigenvalue weighted by Crippen LogP contribution is -2.13. The van der Waals surface area contributed by atoms with Crippen LogP contribution in [0.3, 0.4) is 0 Å². The number of carbonyl (C=O) groups is 2. The van der Waals surface area contributed by atoms with Gasteiger partial charge in [-0.05, 0) is 44.5 Å². The minimum Gasteiger partial charge on any atom is -0.492 e. The first-order chi connectivity index (χ1) is 18.6. The van der Waals surface area contributed by atoms with Crippen molar-refractivity contribution in [3.05, 3.63) is 94.0 Å². The molecule has 7 nitrogen and oxygen atoms in total. The molecule has 0 bridgehead atoms. The van der Waals surface area contributed by atoms with E-state index in [2.05, 4.69) is 23.7 Å². The van der Waals surface area contributed by atoms with Crippen molar-refractivity contribution in [2.24, 2.45) is 0 Å². The molecule has 3 rings (SSSR count). The van der Waals surface area contributed by atoms with Crippen molar-refractivity contribution in [1.82, 2.24) is 0 Å². The minimum atomic E-state index is -4.23. The summed E-state index contributed by atoms with van der Waals surface area (Å²) in [6.07, 6.45) is 0.759. The molecule has 0 aliphatic rings. The molecule has 8 heteroatoms. The number of hydrogen-bond donors (Lipinski definition) is 1. The fourth-order valence-corrected chi connectivity index (χ4v) is 3.61. The summed E-state index contributed by atoms with van der Waals surface area (Å²) in [6.45, 7) is 5.09. The molecule has 0 saturated carbocycles. The second-order valence-electron chi connectivity index (χ2n) is 8.59. The summed E-state index contributed by atoms with van der Waals surface area (Å²) in [5.74, 6) is 12.2. The highest BCUT2D eigenvalue weighted by atomic mass is 32.2. The van der Waals surface area contributed by atoms with Gasteiger partial charge in [0.2, 0.25) is 0 Å². The third-order valence-electron chi connectivity index (χ3n) is 5.41. The Labute approximate surface area is 228 Å². The Morgan fingerprint density at radius 2 is 1.13 bits per heavy atom. The largest absolute Gasteiger partial charge is 0.492 e. The van der Waals surface area contributed by atoms with Gasteiger partial charge in [0.05, 0.1) is 17.7 Å². The Kier molecular flexibility index (Phi) is 10.1. The number of ether oxygens (including phenoxy) is 2. The van der Waals surface area contributed by atoms with Crippen molar-refractivity contribution in [3.63, 3.8) is 0 Å². The van der Waals surface area contributed by atoms with Crippen LogP contribution in [-0.4, -0.2) is 43.5 Å². The molecule has 39 heavy (non-hydrogen) atoms. The van der Waals surface area contributed by atoms with Crippen LogP contribution in [0, 0.1) is 23.7 Å². The first-order valence-corrected chi connectivity index (χ1v) is 13.8. The molecule has 0 spiro atoms. The topological polar surface area (TPSA) is 107 Å². The molecule has 0 aliphatic carbocycles. The predicted octanol–water partition coefficient (Wildman–Crippen LogP) is 4.95. The second-order valence-corrected chi connectivity index (χ2v) is 10.2. The van der Waals surface area contributed by atoms with Gasteiger partial charge in [-0.15, -0.1) is 0 Å². The molecule has 0 fully saturated rings. The van der Waals surface area contributed by atoms with E-state index < -0.39 is 15.9 Å². The van der Waals surface area contributed by atoms with E-state index in [1.54, 1.807) is 60.7 Å². The summed E-state index contributed by atoms with van der Waals surface area (Å²) in [7, 11) is -4.23. The van der Waals surface area contributed by atoms with E-state index in [1.165, 1.54) is 13.8 Å². The van der Waals surface area contributed by atoms with Crippen LogP contribution in [0.5, 0.6) is 11.5 Å². The van der Waals surface area contributed by atoms with Crippen LogP contribution < -0.4 is 9.47 Å². The van der Waals surface area contributed by atoms with Crippen LogP contribution in [0.2, 0.25) is 0 Å². The van der Waals surface area contributed by atoms with Gasteiger partial charge in [0, 0.05) is 34.4 Å². The molecule has 200 valence electrons. The van der Waals surface area contributed by atoms with E-state index >= 15 is 0 Å². The lowest BCUT2D eigenvalue weighted by atomic mass is 10.1. The highest BCUT2D eigenvalue weighted by Gasteiger charge is 2.13. The van der Waals surface area contributed by atoms with Crippen LogP contribution in [0.1, 0.15) is 70.2 Å². The molecule has 1 N–H and O–H groups in total. The third-order valence-corrected chi connectivity index (χ3v) is 6.09. The SMILES string of the molecule is CCCOc1cc(C#Cc2ccc(C(C)=O)cc2)c(OCCS(=O)(=O)O)cc1C#Cc1ccc(C(C)=O)cc1. The van der Waals surface area contributed by atoms with Crippen molar-refractivity contribution in [1.29, 1.82) is 0 Å². The second kappa shape index (κ2) is 13.4. The Bertz CT molecular complexity index is 1580. The van der Waals surface area contributed by atoms with Gasteiger partial charge < -0.3 is 9.47 Å². The quantitative estimate of drug-likeness (QED) is 0.231. The van der Waals surface area contributed by atoms with E-state index in [4.69, 9.17) is 14.0 Å². The van der Waals surface area contributed by atoms with Crippen molar-refractivity contribution in [3.8, 4) is 35.2 Å². The van der Waals surface area contributed by atoms with Crippen LogP contribution in [0.25, 0.3) is 0 Å². The predicted molar refractivity (Wildman–Crippen MR) is 149 cm³/mol. The third kappa shape index (κ3) is 9.15. The number of carbonyl (C=O) groups excluding carboxylic acids is 2. The molecule has 0 amide bonds. The normalized spacial score (nSPS) is 10.5. The maximum atomic E-state index is 11.5. The molecule has 3 aromatic rings. The van der Waals surface area contributed by atoms with Crippen molar-refractivity contribution in [2.45, 2.75) is 27.2 Å². The van der Waals surface area contributed by atoms with Gasteiger partial charge in [-0.25, -0.2) is 0 Å². The number of Topliss-reactive ketones (excluding diaryl/α,β-unsaturated/α-hetero) is 2. The number of benzene rings is 3. The first-order valence-electron chi connectivity index (χ1n) is 12.2. The molecule has 3 aromatic carbocycles. The van der Waals surface area contributed by atoms with Crippen molar-refractivity contribution in [2.75, 3.05) is 19.0 Å². The Morgan fingerprint density at radius 3 is 1.49 bits per heavy atom. The molecular formula is C31H28O7S. The molecule has 0 heterocycles. The van der Waals surface area contributed by atoms with E-state index in [9.17, 15) is 18.0 Å². The molecule has 0 radical (unpaired) electrons. The van der Waals surface area contributed by atoms with Gasteiger partial charge in [-0.2, -0.15) is 8.42 Å². The van der Waals surface area contributed by atoms with Gasteiger partial charge in [-0.3, -0.25) is 14.1 Å². The summed E-state index contributed by atoms with van der Waals surface area (Å²) in [4.78, 5) is 23.1. The number of rotatable bonds is 9. The van der Waals surface area contributed by atoms with E-state index in [-0.39, 0.29) is 23.9 Å². The summed E-state index contributed by atoms with van der Waals surface area (Å²) in [5, 5.41) is 0. The van der Waals surface area contributed by atoms with Gasteiger partial charge in [0.15, 0.2) is 11.6 Å². The summed E-state index contributed by atoms with van der Waals surface area (Å²) >= 11 is 0. The van der Waals surface area contributed by atoms with Gasteiger partial charge >= 0.3 is 0 Å². The average Bonchev–Trinajstić information content (AvgIpc) is 2.90. The monoisotopic (exact) mass is 544 g/mol. The van der Waals surface area contributed by atoms with E-state index in [0.29, 0.717) is 45.7 Å². The summed E-state index contributed by atoms with van der Waals surface area (Å²) in [6, 6.07) is 17.0. The standard InChI is InChI=1S/C31H28O7S/c1-4-17-37-30-20-29(16-10-25-7-13-27(14-8-25)23(3)33)31(38-18-19-39(34,35)36)21-28(30)15-9-24-5-11-26(12-6-24)22(2)32/h5-8,11-14,20-21H,4,17-19H2,1-3H3,(H,34,35,36). The Balaban J connectivity index is 2.04. The zero-order valence-corrected chi connectivity index (χ0v) is 22.7. The fourth-order valence-electron chi connectivity index (χ4n) is 3.32. The van der Waals surface area contributed by atoms with E-state index in [0.717, 1.165) is 6.42 Å². The van der Waals surface area contributed by atoms with Crippen LogP contribution in [-0.2, 0) is 10.1 Å². The lowest BCUT2D eigenvalue weighted by Gasteiger charge is -2.13. The first kappa shape index (κ1) is 29.2. The van der Waals surface area contributed by atoms with Crippen molar-refractivity contribution < 1.29 is 32.0 Å². The molecule has 0 aromatic heterocycles. The molecule has 0 atom stereocenters. The van der Waals surface area contributed by atoms with Crippen LogP contribution >= 0.6 is 0 Å². The van der Waals surface area contributed by atoms with Crippen LogP contribution in [0.4, 0.5) is 0 Å². The Morgan fingerprint density at radius 1 is 0.718 bits per heavy atom. The lowest BCUT2D eigenvalue weighted by molar-refractivity contribution is 0.100. The van der Waals surface area contributed by atoms with E-state index in [1.807, 2.05) is 6.92 Å². The maximum Gasteiger partial charge on any atom is 0.268 e. The van der Waals surface area contributed by atoms with Gasteiger partial charge in [-0.1, -0.05) is 54.9 Å². The zero-order valence-electron chi connectivity index (χ0n) is 21.9. The number of ketones is 2. The Hall–Kier alpha value is -4.37. The maximum absolute atomic E-state index is 11.5. The van der Waals surface area contributed by atoms with Crippen molar-refractivity contribution >= 4 is 21.7 Å². The smallest absolute Gasteiger partial charge is 0.268 e. The fraction of sp³-hybridized carbons (Fsp3) is 0.226. The summed E-state index contributed by atoms with van der Waals surface area (Å²) in [5.41, 5.74) is 3.44. The van der Waals surface area contributed by atoms with Gasteiger partial charge in [0.25, 0.3) is 10.1 Å². The highest BCUT2D eigenvalue weighted by molar-refractivity contribution is 7.85. The van der Waals surface area contributed by atoms with Gasteiger partial charge in [0.1, 0.15) is 23.9 Å². The zero-order chi connectivity index (χ0) is 28.4.